The first kappa shape index (κ1) is 31.4. The zero-order valence-corrected chi connectivity index (χ0v) is 24.2. The fourth-order valence-corrected chi connectivity index (χ4v) is 5.41. The summed E-state index contributed by atoms with van der Waals surface area (Å²) in [6.45, 7) is 1.75. The van der Waals surface area contributed by atoms with Crippen LogP contribution in [0.15, 0.2) is 65.8 Å². The first-order valence-corrected chi connectivity index (χ1v) is 14.9. The number of aliphatic hydroxyl groups excluding tert-OH is 1. The minimum atomic E-state index is -4.63. The highest BCUT2D eigenvalue weighted by Crippen LogP contribution is 2.35. The third-order valence-electron chi connectivity index (χ3n) is 6.59. The van der Waals surface area contributed by atoms with E-state index in [1.54, 1.807) is 42.1 Å². The van der Waals surface area contributed by atoms with Crippen LogP contribution in [-0.4, -0.2) is 48.6 Å². The second-order valence-electron chi connectivity index (χ2n) is 9.64. The molecule has 4 rings (SSSR count). The Morgan fingerprint density at radius 3 is 2.55 bits per heavy atom. The number of aliphatic hydroxyl groups is 1. The van der Waals surface area contributed by atoms with Crippen LogP contribution in [0, 0.1) is 0 Å². The molecule has 0 aromatic heterocycles. The van der Waals surface area contributed by atoms with Gasteiger partial charge in [-0.1, -0.05) is 29.8 Å². The molecule has 0 unspecified atom stereocenters. The van der Waals surface area contributed by atoms with E-state index in [0.717, 1.165) is 62.0 Å². The summed E-state index contributed by atoms with van der Waals surface area (Å²) in [7, 11) is 0. The van der Waals surface area contributed by atoms with Gasteiger partial charge in [0.25, 0.3) is 11.8 Å². The minimum absolute atomic E-state index is 0.0709. The largest absolute Gasteiger partial charge is 0.417 e. The molecule has 1 fully saturated rings. The maximum atomic E-state index is 13.3. The van der Waals surface area contributed by atoms with Gasteiger partial charge in [-0.3, -0.25) is 9.59 Å². The van der Waals surface area contributed by atoms with Crippen molar-refractivity contribution in [2.75, 3.05) is 35.7 Å². The number of carbonyl (C=O) groups is 2. The number of benzene rings is 3. The molecule has 0 aliphatic carbocycles. The van der Waals surface area contributed by atoms with Crippen LogP contribution >= 0.6 is 23.4 Å². The molecule has 0 radical (unpaired) electrons. The lowest BCUT2D eigenvalue weighted by Gasteiger charge is -2.29. The van der Waals surface area contributed by atoms with E-state index in [1.165, 1.54) is 6.07 Å². The van der Waals surface area contributed by atoms with E-state index in [1.807, 2.05) is 12.1 Å². The molecule has 222 valence electrons. The number of rotatable bonds is 10. The van der Waals surface area contributed by atoms with Crippen LogP contribution in [0.5, 0.6) is 0 Å². The van der Waals surface area contributed by atoms with Gasteiger partial charge in [0.05, 0.1) is 34.7 Å². The lowest BCUT2D eigenvalue weighted by atomic mass is 10.1. The van der Waals surface area contributed by atoms with Gasteiger partial charge >= 0.3 is 6.18 Å². The van der Waals surface area contributed by atoms with Gasteiger partial charge in [-0.25, -0.2) is 5.43 Å². The molecule has 3 N–H and O–H groups in total. The Morgan fingerprint density at radius 2 is 1.81 bits per heavy atom. The van der Waals surface area contributed by atoms with Crippen molar-refractivity contribution in [1.82, 2.24) is 5.43 Å². The molecule has 0 atom stereocenters. The molecular formula is C30H30ClF3N4O3S. The van der Waals surface area contributed by atoms with E-state index in [9.17, 15) is 22.8 Å². The summed E-state index contributed by atoms with van der Waals surface area (Å²) >= 11 is 7.23. The van der Waals surface area contributed by atoms with Crippen molar-refractivity contribution >= 4 is 52.8 Å². The fraction of sp³-hybridized carbons (Fsp3) is 0.300. The molecule has 2 amide bonds. The van der Waals surface area contributed by atoms with E-state index in [4.69, 9.17) is 16.7 Å². The third-order valence-corrected chi connectivity index (χ3v) is 7.92. The van der Waals surface area contributed by atoms with Crippen molar-refractivity contribution in [2.24, 2.45) is 5.10 Å². The molecule has 1 aliphatic heterocycles. The van der Waals surface area contributed by atoms with Crippen LogP contribution in [0.2, 0.25) is 5.02 Å². The van der Waals surface area contributed by atoms with Gasteiger partial charge in [0.15, 0.2) is 0 Å². The van der Waals surface area contributed by atoms with Crippen LogP contribution in [0.25, 0.3) is 0 Å². The summed E-state index contributed by atoms with van der Waals surface area (Å²) < 4.78 is 39.6. The number of hydrogen-bond acceptors (Lipinski definition) is 6. The zero-order valence-electron chi connectivity index (χ0n) is 22.6. The summed E-state index contributed by atoms with van der Waals surface area (Å²) in [6, 6.07) is 15.6. The van der Waals surface area contributed by atoms with Crippen molar-refractivity contribution < 1.29 is 27.9 Å². The Bertz CT molecular complexity index is 1450. The van der Waals surface area contributed by atoms with Crippen molar-refractivity contribution in [3.8, 4) is 0 Å². The SMILES string of the molecule is O=C(Nc1ccc(N2CCCCC2)cc1C(=O)NN=Cc1ccc(Cl)c(C(F)(F)F)c1)c1cccc(CSCCO)c1. The van der Waals surface area contributed by atoms with E-state index in [-0.39, 0.29) is 23.4 Å². The number of amides is 2. The highest BCUT2D eigenvalue weighted by atomic mass is 35.5. The molecule has 7 nitrogen and oxygen atoms in total. The fourth-order valence-electron chi connectivity index (χ4n) is 4.50. The van der Waals surface area contributed by atoms with E-state index >= 15 is 0 Å². The summed E-state index contributed by atoms with van der Waals surface area (Å²) in [5.74, 6) is 0.172. The Labute approximate surface area is 251 Å². The first-order chi connectivity index (χ1) is 20.2. The number of anilines is 2. The van der Waals surface area contributed by atoms with Gasteiger partial charge in [-0.15, -0.1) is 0 Å². The predicted molar refractivity (Wildman–Crippen MR) is 162 cm³/mol. The Balaban J connectivity index is 1.55. The Morgan fingerprint density at radius 1 is 1.02 bits per heavy atom. The maximum Gasteiger partial charge on any atom is 0.417 e. The van der Waals surface area contributed by atoms with Gasteiger partial charge in [0.2, 0.25) is 0 Å². The van der Waals surface area contributed by atoms with Gasteiger partial charge in [0.1, 0.15) is 0 Å². The molecule has 1 heterocycles. The van der Waals surface area contributed by atoms with E-state index < -0.39 is 28.6 Å². The molecular weight excluding hydrogens is 589 g/mol. The number of hydrogen-bond donors (Lipinski definition) is 3. The number of hydrazone groups is 1. The van der Waals surface area contributed by atoms with Gasteiger partial charge < -0.3 is 15.3 Å². The smallest absolute Gasteiger partial charge is 0.396 e. The Hall–Kier alpha value is -3.54. The number of halogens is 4. The number of nitrogens with zero attached hydrogens (tertiary/aromatic N) is 2. The molecule has 12 heteroatoms. The van der Waals surface area contributed by atoms with Crippen LogP contribution < -0.4 is 15.6 Å². The maximum absolute atomic E-state index is 13.3. The van der Waals surface area contributed by atoms with Crippen molar-refractivity contribution in [1.29, 1.82) is 0 Å². The second-order valence-corrected chi connectivity index (χ2v) is 11.2. The average molecular weight is 619 g/mol. The Kier molecular flexibility index (Phi) is 10.9. The van der Waals surface area contributed by atoms with Crippen LogP contribution in [0.4, 0.5) is 24.5 Å². The van der Waals surface area contributed by atoms with Crippen LogP contribution in [0.3, 0.4) is 0 Å². The number of thioether (sulfide) groups is 1. The number of alkyl halides is 3. The predicted octanol–water partition coefficient (Wildman–Crippen LogP) is 6.59. The lowest BCUT2D eigenvalue weighted by Crippen LogP contribution is -2.30. The van der Waals surface area contributed by atoms with Crippen molar-refractivity contribution in [3.63, 3.8) is 0 Å². The average Bonchev–Trinajstić information content (AvgIpc) is 2.98. The highest BCUT2D eigenvalue weighted by Gasteiger charge is 2.33. The van der Waals surface area contributed by atoms with Gasteiger partial charge in [0, 0.05) is 35.8 Å². The lowest BCUT2D eigenvalue weighted by molar-refractivity contribution is -0.137. The zero-order chi connectivity index (χ0) is 30.1. The molecule has 0 spiro atoms. The number of piperidine rings is 1. The third kappa shape index (κ3) is 8.50. The van der Waals surface area contributed by atoms with Crippen LogP contribution in [0.1, 0.15) is 56.7 Å². The summed E-state index contributed by atoms with van der Waals surface area (Å²) in [5.41, 5.74) is 4.02. The molecule has 1 saturated heterocycles. The molecule has 0 saturated carbocycles. The molecule has 1 aliphatic rings. The van der Waals surface area contributed by atoms with Gasteiger partial charge in [-0.2, -0.15) is 30.0 Å². The normalized spacial score (nSPS) is 13.8. The molecule has 3 aromatic carbocycles. The first-order valence-electron chi connectivity index (χ1n) is 13.3. The second kappa shape index (κ2) is 14.6. The number of carbonyl (C=O) groups excluding carboxylic acids is 2. The van der Waals surface area contributed by atoms with Crippen molar-refractivity contribution in [2.45, 2.75) is 31.2 Å². The molecule has 3 aromatic rings. The van der Waals surface area contributed by atoms with E-state index in [2.05, 4.69) is 20.7 Å². The standard InChI is InChI=1S/C30H30ClF3N4O3S/c31-26-9-7-20(16-25(26)30(32,33)34)18-35-37-29(41)24-17-23(38-11-2-1-3-12-38)8-10-27(24)36-28(40)22-6-4-5-21(15-22)19-42-14-13-39/h4-10,15-18,39H,1-3,11-14,19H2,(H,36,40)(H,37,41). The van der Waals surface area contributed by atoms with Gasteiger partial charge in [-0.05, 0) is 72.9 Å². The molecule has 42 heavy (non-hydrogen) atoms. The molecule has 0 bridgehead atoms. The highest BCUT2D eigenvalue weighted by molar-refractivity contribution is 7.98. The topological polar surface area (TPSA) is 94.0 Å². The quantitative estimate of drug-likeness (QED) is 0.135. The minimum Gasteiger partial charge on any atom is -0.396 e. The van der Waals surface area contributed by atoms with Crippen LogP contribution in [-0.2, 0) is 11.9 Å². The monoisotopic (exact) mass is 618 g/mol. The van der Waals surface area contributed by atoms with E-state index in [0.29, 0.717) is 17.1 Å². The summed E-state index contributed by atoms with van der Waals surface area (Å²) in [4.78, 5) is 28.6. The van der Waals surface area contributed by atoms with Crippen molar-refractivity contribution in [3.05, 3.63) is 93.5 Å². The summed E-state index contributed by atoms with van der Waals surface area (Å²) in [6.07, 6.45) is -0.359. The number of nitrogens with one attached hydrogen (secondary N) is 2. The summed E-state index contributed by atoms with van der Waals surface area (Å²) in [5, 5.41) is 15.2.